The number of Topliss-reactive ketones (excluding diaryl/α,β-unsaturated/α-hetero) is 1. The van der Waals surface area contributed by atoms with Crippen LogP contribution in [0.25, 0.3) is 0 Å². The Bertz CT molecular complexity index is 153. The summed E-state index contributed by atoms with van der Waals surface area (Å²) in [5, 5.41) is 3.13. The summed E-state index contributed by atoms with van der Waals surface area (Å²) >= 11 is 0. The molecule has 2 heteroatoms. The van der Waals surface area contributed by atoms with Crippen LogP contribution in [0.3, 0.4) is 0 Å². The molecule has 0 unspecified atom stereocenters. The Labute approximate surface area is 74.4 Å². The van der Waals surface area contributed by atoms with Gasteiger partial charge in [-0.15, -0.1) is 13.2 Å². The van der Waals surface area contributed by atoms with E-state index in [9.17, 15) is 4.79 Å². The molecular weight excluding hydrogens is 150 g/mol. The third-order valence-corrected chi connectivity index (χ3v) is 1.54. The molecule has 2 nitrogen and oxygen atoms in total. The number of hydrogen-bond acceptors (Lipinski definition) is 2. The predicted octanol–water partition coefficient (Wildman–Crippen LogP) is 1.69. The molecular formula is C10H17NO. The van der Waals surface area contributed by atoms with Crippen molar-refractivity contribution in [3.8, 4) is 0 Å². The second-order valence-electron chi connectivity index (χ2n) is 2.83. The van der Waals surface area contributed by atoms with Crippen LogP contribution in [0.4, 0.5) is 0 Å². The standard InChI is InChI=1S/C10H17NO/c1-4-6-10(7-5-2)11-8-9(3)12/h4-5,10-11H,1-2,6-8H2,3H3. The fourth-order valence-electron chi connectivity index (χ4n) is 0.953. The highest BCUT2D eigenvalue weighted by atomic mass is 16.1. The Balaban J connectivity index is 3.68. The van der Waals surface area contributed by atoms with E-state index in [-0.39, 0.29) is 5.78 Å². The molecule has 0 saturated carbocycles. The lowest BCUT2D eigenvalue weighted by Crippen LogP contribution is -2.32. The number of nitrogens with one attached hydrogen (secondary N) is 1. The van der Waals surface area contributed by atoms with E-state index in [4.69, 9.17) is 0 Å². The summed E-state index contributed by atoms with van der Waals surface area (Å²) < 4.78 is 0. The molecule has 12 heavy (non-hydrogen) atoms. The average Bonchev–Trinajstić information content (AvgIpc) is 2.01. The van der Waals surface area contributed by atoms with E-state index in [0.29, 0.717) is 12.6 Å². The lowest BCUT2D eigenvalue weighted by molar-refractivity contribution is -0.116. The molecule has 0 aliphatic heterocycles. The number of ketones is 1. The van der Waals surface area contributed by atoms with Crippen LogP contribution in [0.1, 0.15) is 19.8 Å². The fourth-order valence-corrected chi connectivity index (χ4v) is 0.953. The molecule has 0 amide bonds. The van der Waals surface area contributed by atoms with Gasteiger partial charge < -0.3 is 5.32 Å². The molecule has 0 saturated heterocycles. The van der Waals surface area contributed by atoms with Gasteiger partial charge in [-0.2, -0.15) is 0 Å². The van der Waals surface area contributed by atoms with E-state index < -0.39 is 0 Å². The molecule has 1 N–H and O–H groups in total. The minimum Gasteiger partial charge on any atom is -0.307 e. The van der Waals surface area contributed by atoms with Crippen molar-refractivity contribution >= 4 is 5.78 Å². The number of carbonyl (C=O) groups is 1. The zero-order valence-corrected chi connectivity index (χ0v) is 7.68. The van der Waals surface area contributed by atoms with Crippen LogP contribution in [0, 0.1) is 0 Å². The summed E-state index contributed by atoms with van der Waals surface area (Å²) in [4.78, 5) is 10.6. The molecule has 0 aromatic rings. The molecule has 0 rings (SSSR count). The number of rotatable bonds is 7. The Hall–Kier alpha value is -0.890. The maximum Gasteiger partial charge on any atom is 0.143 e. The highest BCUT2D eigenvalue weighted by Gasteiger charge is 2.03. The first-order valence-corrected chi connectivity index (χ1v) is 4.15. The molecule has 0 aliphatic rings. The van der Waals surface area contributed by atoms with Gasteiger partial charge in [0.2, 0.25) is 0 Å². The highest BCUT2D eigenvalue weighted by molar-refractivity contribution is 5.77. The van der Waals surface area contributed by atoms with E-state index in [1.165, 1.54) is 0 Å². The number of hydrogen-bond donors (Lipinski definition) is 1. The molecule has 0 heterocycles. The second-order valence-corrected chi connectivity index (χ2v) is 2.83. The van der Waals surface area contributed by atoms with Gasteiger partial charge in [-0.05, 0) is 19.8 Å². The lowest BCUT2D eigenvalue weighted by atomic mass is 10.1. The van der Waals surface area contributed by atoms with Crippen LogP contribution < -0.4 is 5.32 Å². The lowest BCUT2D eigenvalue weighted by Gasteiger charge is -2.13. The molecule has 0 bridgehead atoms. The zero-order chi connectivity index (χ0) is 9.40. The first-order chi connectivity index (χ1) is 5.70. The summed E-state index contributed by atoms with van der Waals surface area (Å²) in [5.41, 5.74) is 0. The predicted molar refractivity (Wildman–Crippen MR) is 52.1 cm³/mol. The van der Waals surface area contributed by atoms with Crippen molar-refractivity contribution in [3.63, 3.8) is 0 Å². The van der Waals surface area contributed by atoms with Crippen LogP contribution in [0.5, 0.6) is 0 Å². The van der Waals surface area contributed by atoms with Crippen LogP contribution in [-0.2, 0) is 4.79 Å². The van der Waals surface area contributed by atoms with Crippen molar-refractivity contribution in [2.75, 3.05) is 6.54 Å². The van der Waals surface area contributed by atoms with E-state index in [0.717, 1.165) is 12.8 Å². The number of carbonyl (C=O) groups excluding carboxylic acids is 1. The topological polar surface area (TPSA) is 29.1 Å². The highest BCUT2D eigenvalue weighted by Crippen LogP contribution is 1.98. The molecule has 0 radical (unpaired) electrons. The van der Waals surface area contributed by atoms with Gasteiger partial charge in [0, 0.05) is 6.04 Å². The summed E-state index contributed by atoms with van der Waals surface area (Å²) in [6.07, 6.45) is 5.45. The maximum absolute atomic E-state index is 10.6. The summed E-state index contributed by atoms with van der Waals surface area (Å²) in [7, 11) is 0. The van der Waals surface area contributed by atoms with Crippen molar-refractivity contribution < 1.29 is 4.79 Å². The molecule has 0 aliphatic carbocycles. The summed E-state index contributed by atoms with van der Waals surface area (Å²) in [6.45, 7) is 9.31. The first kappa shape index (κ1) is 11.1. The van der Waals surface area contributed by atoms with Gasteiger partial charge in [0.1, 0.15) is 5.78 Å². The fraction of sp³-hybridized carbons (Fsp3) is 0.500. The van der Waals surface area contributed by atoms with Gasteiger partial charge in [-0.25, -0.2) is 0 Å². The molecule has 0 spiro atoms. The van der Waals surface area contributed by atoms with Gasteiger partial charge in [-0.3, -0.25) is 4.79 Å². The van der Waals surface area contributed by atoms with E-state index in [1.807, 2.05) is 12.2 Å². The Morgan fingerprint density at radius 3 is 2.25 bits per heavy atom. The summed E-state index contributed by atoms with van der Waals surface area (Å²) in [5.74, 6) is 0.160. The Morgan fingerprint density at radius 1 is 1.42 bits per heavy atom. The average molecular weight is 167 g/mol. The molecule has 0 aromatic carbocycles. The van der Waals surface area contributed by atoms with Crippen molar-refractivity contribution in [1.29, 1.82) is 0 Å². The van der Waals surface area contributed by atoms with Gasteiger partial charge in [0.25, 0.3) is 0 Å². The second kappa shape index (κ2) is 6.80. The normalized spacial score (nSPS) is 9.83. The van der Waals surface area contributed by atoms with Gasteiger partial charge in [0.15, 0.2) is 0 Å². The van der Waals surface area contributed by atoms with E-state index in [2.05, 4.69) is 18.5 Å². The van der Waals surface area contributed by atoms with Crippen molar-refractivity contribution in [3.05, 3.63) is 25.3 Å². The van der Waals surface area contributed by atoms with Gasteiger partial charge in [-0.1, -0.05) is 12.2 Å². The SMILES string of the molecule is C=CCC(CC=C)NCC(C)=O. The van der Waals surface area contributed by atoms with E-state index in [1.54, 1.807) is 6.92 Å². The van der Waals surface area contributed by atoms with Crippen LogP contribution in [-0.4, -0.2) is 18.4 Å². The van der Waals surface area contributed by atoms with Crippen LogP contribution in [0.2, 0.25) is 0 Å². The van der Waals surface area contributed by atoms with Crippen LogP contribution >= 0.6 is 0 Å². The Morgan fingerprint density at radius 2 is 1.92 bits per heavy atom. The third-order valence-electron chi connectivity index (χ3n) is 1.54. The Kier molecular flexibility index (Phi) is 6.29. The van der Waals surface area contributed by atoms with Crippen molar-refractivity contribution in [2.45, 2.75) is 25.8 Å². The smallest absolute Gasteiger partial charge is 0.143 e. The third kappa shape index (κ3) is 5.86. The van der Waals surface area contributed by atoms with Crippen molar-refractivity contribution in [2.24, 2.45) is 0 Å². The minimum atomic E-state index is 0.160. The molecule has 68 valence electrons. The quantitative estimate of drug-likeness (QED) is 0.584. The van der Waals surface area contributed by atoms with Crippen LogP contribution in [0.15, 0.2) is 25.3 Å². The largest absolute Gasteiger partial charge is 0.307 e. The minimum absolute atomic E-state index is 0.160. The first-order valence-electron chi connectivity index (χ1n) is 4.15. The maximum atomic E-state index is 10.6. The summed E-state index contributed by atoms with van der Waals surface area (Å²) in [6, 6.07) is 0.309. The zero-order valence-electron chi connectivity index (χ0n) is 7.68. The molecule has 0 atom stereocenters. The molecule has 0 fully saturated rings. The monoisotopic (exact) mass is 167 g/mol. The van der Waals surface area contributed by atoms with Gasteiger partial charge >= 0.3 is 0 Å². The van der Waals surface area contributed by atoms with Gasteiger partial charge in [0.05, 0.1) is 6.54 Å². The van der Waals surface area contributed by atoms with Crippen molar-refractivity contribution in [1.82, 2.24) is 5.32 Å². The molecule has 0 aromatic heterocycles. The van der Waals surface area contributed by atoms with E-state index >= 15 is 0 Å².